The number of fused-ring (bicyclic) bond motifs is 2. The SMILES string of the molecule is COC(=O)CCC/C=C\C[C@H]1[C@H](NC(=O)c2ccc(F)cc2)[C@@H]2C[C@@]1(c1ccc(-c3ccccc3)cc1)CO2. The second kappa shape index (κ2) is 12.0. The van der Waals surface area contributed by atoms with Crippen LogP contribution in [-0.2, 0) is 19.7 Å². The van der Waals surface area contributed by atoms with Gasteiger partial charge in [0, 0.05) is 17.4 Å². The first kappa shape index (κ1) is 26.8. The first-order valence-electron chi connectivity index (χ1n) is 13.6. The third kappa shape index (κ3) is 5.81. The molecular weight excluding hydrogens is 493 g/mol. The molecule has 1 N–H and O–H groups in total. The maximum absolute atomic E-state index is 13.4. The minimum Gasteiger partial charge on any atom is -0.469 e. The number of esters is 1. The number of rotatable bonds is 10. The summed E-state index contributed by atoms with van der Waals surface area (Å²) >= 11 is 0. The minimum atomic E-state index is -0.372. The number of benzene rings is 3. The summed E-state index contributed by atoms with van der Waals surface area (Å²) in [5, 5.41) is 3.22. The Morgan fingerprint density at radius 1 is 1.00 bits per heavy atom. The molecule has 0 unspecified atom stereocenters. The lowest BCUT2D eigenvalue weighted by molar-refractivity contribution is -0.140. The molecule has 4 atom stereocenters. The molecule has 3 aromatic carbocycles. The molecule has 0 aromatic heterocycles. The Morgan fingerprint density at radius 3 is 2.44 bits per heavy atom. The van der Waals surface area contributed by atoms with E-state index in [4.69, 9.17) is 9.47 Å². The Morgan fingerprint density at radius 2 is 1.72 bits per heavy atom. The van der Waals surface area contributed by atoms with Crippen LogP contribution in [0.3, 0.4) is 0 Å². The molecule has 0 radical (unpaired) electrons. The Labute approximate surface area is 229 Å². The highest BCUT2D eigenvalue weighted by molar-refractivity contribution is 5.94. The molecule has 5 nitrogen and oxygen atoms in total. The van der Waals surface area contributed by atoms with Crippen LogP contribution in [-0.4, -0.2) is 37.7 Å². The number of hydrogen-bond donors (Lipinski definition) is 1. The van der Waals surface area contributed by atoms with Gasteiger partial charge < -0.3 is 14.8 Å². The Bertz CT molecular complexity index is 1310. The highest BCUT2D eigenvalue weighted by Crippen LogP contribution is 2.54. The summed E-state index contributed by atoms with van der Waals surface area (Å²) in [6.07, 6.45) is 7.69. The number of nitrogens with one attached hydrogen (secondary N) is 1. The second-order valence-electron chi connectivity index (χ2n) is 10.4. The van der Waals surface area contributed by atoms with Crippen molar-refractivity contribution in [3.05, 3.63) is 108 Å². The third-order valence-electron chi connectivity index (χ3n) is 8.17. The normalized spacial score (nSPS) is 23.7. The van der Waals surface area contributed by atoms with Crippen molar-refractivity contribution < 1.29 is 23.5 Å². The van der Waals surface area contributed by atoms with Gasteiger partial charge in [0.05, 0.1) is 25.9 Å². The lowest BCUT2D eigenvalue weighted by Gasteiger charge is -2.39. The highest BCUT2D eigenvalue weighted by atomic mass is 19.1. The molecule has 2 fully saturated rings. The fourth-order valence-electron chi connectivity index (χ4n) is 6.09. The van der Waals surface area contributed by atoms with Gasteiger partial charge >= 0.3 is 5.97 Å². The van der Waals surface area contributed by atoms with E-state index in [9.17, 15) is 14.0 Å². The molecule has 1 saturated heterocycles. The van der Waals surface area contributed by atoms with E-state index in [1.807, 2.05) is 18.2 Å². The van der Waals surface area contributed by atoms with Crippen molar-refractivity contribution in [3.8, 4) is 11.1 Å². The number of carbonyl (C=O) groups excluding carboxylic acids is 2. The first-order valence-corrected chi connectivity index (χ1v) is 13.6. The van der Waals surface area contributed by atoms with Crippen LogP contribution in [0.5, 0.6) is 0 Å². The van der Waals surface area contributed by atoms with E-state index in [2.05, 4.69) is 53.9 Å². The van der Waals surface area contributed by atoms with E-state index < -0.39 is 0 Å². The Kier molecular flexibility index (Phi) is 8.22. The van der Waals surface area contributed by atoms with Gasteiger partial charge in [-0.2, -0.15) is 0 Å². The zero-order valence-corrected chi connectivity index (χ0v) is 22.1. The quantitative estimate of drug-likeness (QED) is 0.193. The highest BCUT2D eigenvalue weighted by Gasteiger charge is 2.59. The van der Waals surface area contributed by atoms with Gasteiger partial charge in [0.25, 0.3) is 5.91 Å². The fraction of sp³-hybridized carbons (Fsp3) is 0.333. The van der Waals surface area contributed by atoms with Gasteiger partial charge in [0.15, 0.2) is 0 Å². The largest absolute Gasteiger partial charge is 0.469 e. The summed E-state index contributed by atoms with van der Waals surface area (Å²) in [6, 6.07) is 24.5. The van der Waals surface area contributed by atoms with Crippen LogP contribution in [0.1, 0.15) is 48.0 Å². The van der Waals surface area contributed by atoms with Crippen molar-refractivity contribution in [2.75, 3.05) is 13.7 Å². The molecule has 202 valence electrons. The Hall–Kier alpha value is -3.77. The summed E-state index contributed by atoms with van der Waals surface area (Å²) in [7, 11) is 1.40. The molecule has 1 amide bonds. The van der Waals surface area contributed by atoms with E-state index >= 15 is 0 Å². The van der Waals surface area contributed by atoms with E-state index in [0.29, 0.717) is 18.6 Å². The van der Waals surface area contributed by atoms with Gasteiger partial charge in [0.1, 0.15) is 5.82 Å². The van der Waals surface area contributed by atoms with Crippen molar-refractivity contribution in [3.63, 3.8) is 0 Å². The summed E-state index contributed by atoms with van der Waals surface area (Å²) in [4.78, 5) is 24.5. The molecule has 1 aliphatic carbocycles. The van der Waals surface area contributed by atoms with Crippen LogP contribution in [0.15, 0.2) is 91.0 Å². The molecule has 1 aliphatic heterocycles. The fourth-order valence-corrected chi connectivity index (χ4v) is 6.09. The molecule has 2 aliphatic rings. The first-order chi connectivity index (χ1) is 19.0. The number of carbonyl (C=O) groups is 2. The van der Waals surface area contributed by atoms with Crippen molar-refractivity contribution in [2.45, 2.75) is 49.7 Å². The van der Waals surface area contributed by atoms with Gasteiger partial charge in [-0.25, -0.2) is 4.39 Å². The van der Waals surface area contributed by atoms with Gasteiger partial charge in [-0.1, -0.05) is 66.7 Å². The van der Waals surface area contributed by atoms with Crippen LogP contribution >= 0.6 is 0 Å². The van der Waals surface area contributed by atoms with Crippen LogP contribution in [0.4, 0.5) is 4.39 Å². The second-order valence-corrected chi connectivity index (χ2v) is 10.4. The monoisotopic (exact) mass is 527 g/mol. The maximum Gasteiger partial charge on any atom is 0.305 e. The molecule has 3 aromatic rings. The van der Waals surface area contributed by atoms with Crippen molar-refractivity contribution >= 4 is 11.9 Å². The molecule has 1 saturated carbocycles. The topological polar surface area (TPSA) is 64.6 Å². The van der Waals surface area contributed by atoms with Crippen molar-refractivity contribution in [2.24, 2.45) is 5.92 Å². The van der Waals surface area contributed by atoms with Crippen molar-refractivity contribution in [1.29, 1.82) is 0 Å². The third-order valence-corrected chi connectivity index (χ3v) is 8.17. The van der Waals surface area contributed by atoms with Gasteiger partial charge in [-0.05, 0) is 72.6 Å². The standard InChI is InChI=1S/C33H34FNO4/c1-38-30(36)12-8-3-2-7-11-28-31(35-32(37)25-15-19-27(34)20-16-25)29-21-33(28,22-39-29)26-17-13-24(14-18-26)23-9-5-4-6-10-23/h2,4-7,9-10,13-20,28-29,31H,3,8,11-12,21-22H2,1H3,(H,35,37)/b7-2-/t28-,29-,31-,33-/m0/s1. The number of hydrogen-bond acceptors (Lipinski definition) is 4. The zero-order valence-electron chi connectivity index (χ0n) is 22.1. The summed E-state index contributed by atoms with van der Waals surface area (Å²) in [5.41, 5.74) is 3.75. The molecule has 5 rings (SSSR count). The van der Waals surface area contributed by atoms with Crippen LogP contribution < -0.4 is 5.32 Å². The van der Waals surface area contributed by atoms with E-state index in [1.165, 1.54) is 42.5 Å². The van der Waals surface area contributed by atoms with E-state index in [0.717, 1.165) is 31.2 Å². The number of halogens is 1. The molecule has 2 bridgehead atoms. The van der Waals surface area contributed by atoms with Gasteiger partial charge in [-0.15, -0.1) is 0 Å². The predicted octanol–water partition coefficient (Wildman–Crippen LogP) is 6.24. The van der Waals surface area contributed by atoms with Gasteiger partial charge in [-0.3, -0.25) is 9.59 Å². The average Bonchev–Trinajstić information content (AvgIpc) is 3.54. The molecule has 0 spiro atoms. The van der Waals surface area contributed by atoms with Crippen LogP contribution in [0, 0.1) is 11.7 Å². The lowest BCUT2D eigenvalue weighted by Crippen LogP contribution is -2.51. The smallest absolute Gasteiger partial charge is 0.305 e. The minimum absolute atomic E-state index is 0.0964. The number of allylic oxidation sites excluding steroid dienone is 2. The zero-order chi connectivity index (χ0) is 27.2. The number of unbranched alkanes of at least 4 members (excludes halogenated alkanes) is 1. The van der Waals surface area contributed by atoms with E-state index in [1.54, 1.807) is 0 Å². The average molecular weight is 528 g/mol. The molecular formula is C33H34FNO4. The Balaban J connectivity index is 1.37. The number of amides is 1. The molecule has 1 heterocycles. The van der Waals surface area contributed by atoms with Crippen LogP contribution in [0.25, 0.3) is 11.1 Å². The van der Waals surface area contributed by atoms with E-state index in [-0.39, 0.29) is 41.2 Å². The lowest BCUT2D eigenvalue weighted by atomic mass is 9.70. The maximum atomic E-state index is 13.4. The van der Waals surface area contributed by atoms with Crippen LogP contribution in [0.2, 0.25) is 0 Å². The predicted molar refractivity (Wildman–Crippen MR) is 149 cm³/mol. The molecule has 39 heavy (non-hydrogen) atoms. The summed E-state index contributed by atoms with van der Waals surface area (Å²) < 4.78 is 24.4. The molecule has 6 heteroatoms. The summed E-state index contributed by atoms with van der Waals surface area (Å²) in [5.74, 6) is -0.670. The number of ether oxygens (including phenoxy) is 2. The summed E-state index contributed by atoms with van der Waals surface area (Å²) in [6.45, 7) is 0.603. The van der Waals surface area contributed by atoms with Gasteiger partial charge in [0.2, 0.25) is 0 Å². The number of methoxy groups -OCH3 is 1. The van der Waals surface area contributed by atoms with Crippen molar-refractivity contribution in [1.82, 2.24) is 5.32 Å².